The Balaban J connectivity index is 5.15. The van der Waals surface area contributed by atoms with Gasteiger partial charge in [-0.2, -0.15) is 0 Å². The monoisotopic (exact) mass is 304 g/mol. The molecule has 0 aliphatic heterocycles. The van der Waals surface area contributed by atoms with E-state index in [9.17, 15) is 9.90 Å². The van der Waals surface area contributed by atoms with Crippen molar-refractivity contribution in [1.29, 1.82) is 0 Å². The summed E-state index contributed by atoms with van der Waals surface area (Å²) in [5, 5.41) is 9.72. The highest BCUT2D eigenvalue weighted by Crippen LogP contribution is 2.40. The first-order valence-corrected chi connectivity index (χ1v) is 7.96. The van der Waals surface area contributed by atoms with Crippen molar-refractivity contribution in [2.24, 2.45) is 17.3 Å². The standard InChI is InChI=1S/C20H32O2/c1-8-20(7,14-10-12-16(4)5)18(19(21)22)17(6)13-9-11-15(2)3/h8,10-12,17-18H,1,4,9,13-14H2,2-3,5-7H3,(H,21,22). The van der Waals surface area contributed by atoms with Crippen molar-refractivity contribution in [3.8, 4) is 0 Å². The molecule has 124 valence electrons. The van der Waals surface area contributed by atoms with Crippen LogP contribution >= 0.6 is 0 Å². The number of hydrogen-bond donors (Lipinski definition) is 1. The van der Waals surface area contributed by atoms with E-state index in [-0.39, 0.29) is 5.92 Å². The van der Waals surface area contributed by atoms with Crippen LogP contribution in [-0.2, 0) is 4.79 Å². The molecule has 0 radical (unpaired) electrons. The first-order chi connectivity index (χ1) is 10.1. The maximum absolute atomic E-state index is 11.8. The predicted octanol–water partition coefficient (Wildman–Crippen LogP) is 5.78. The van der Waals surface area contributed by atoms with Crippen LogP contribution in [0.15, 0.2) is 48.6 Å². The lowest BCUT2D eigenvalue weighted by atomic mass is 9.68. The van der Waals surface area contributed by atoms with Crippen LogP contribution in [-0.4, -0.2) is 11.1 Å². The van der Waals surface area contributed by atoms with Gasteiger partial charge in [0.2, 0.25) is 0 Å². The zero-order valence-electron chi connectivity index (χ0n) is 14.9. The van der Waals surface area contributed by atoms with Crippen LogP contribution in [0.2, 0.25) is 0 Å². The molecule has 0 spiro atoms. The second-order valence-corrected chi connectivity index (χ2v) is 6.81. The Labute approximate surface area is 136 Å². The molecule has 1 N–H and O–H groups in total. The summed E-state index contributed by atoms with van der Waals surface area (Å²) in [4.78, 5) is 11.8. The topological polar surface area (TPSA) is 37.3 Å². The number of allylic oxidation sites excluding steroid dienone is 6. The third kappa shape index (κ3) is 6.93. The molecule has 3 unspecified atom stereocenters. The number of carbonyl (C=O) groups is 1. The van der Waals surface area contributed by atoms with E-state index >= 15 is 0 Å². The number of carboxylic acids is 1. The van der Waals surface area contributed by atoms with E-state index in [1.807, 2.05) is 32.9 Å². The van der Waals surface area contributed by atoms with E-state index in [0.717, 1.165) is 18.4 Å². The van der Waals surface area contributed by atoms with Gasteiger partial charge >= 0.3 is 5.97 Å². The Hall–Kier alpha value is -1.57. The molecule has 0 amide bonds. The van der Waals surface area contributed by atoms with Crippen LogP contribution in [0.4, 0.5) is 0 Å². The van der Waals surface area contributed by atoms with Gasteiger partial charge in [-0.05, 0) is 46.0 Å². The maximum Gasteiger partial charge on any atom is 0.307 e. The Bertz CT molecular complexity index is 452. The third-order valence-electron chi connectivity index (χ3n) is 4.15. The molecule has 0 aromatic heterocycles. The molecular formula is C20H32O2. The van der Waals surface area contributed by atoms with Gasteiger partial charge < -0.3 is 5.11 Å². The zero-order valence-corrected chi connectivity index (χ0v) is 14.9. The second kappa shape index (κ2) is 9.45. The molecule has 0 heterocycles. The molecular weight excluding hydrogens is 272 g/mol. The van der Waals surface area contributed by atoms with Gasteiger partial charge in [0, 0.05) is 5.41 Å². The van der Waals surface area contributed by atoms with Gasteiger partial charge in [0.05, 0.1) is 5.92 Å². The van der Waals surface area contributed by atoms with Crippen LogP contribution < -0.4 is 0 Å². The molecule has 3 atom stereocenters. The van der Waals surface area contributed by atoms with Crippen LogP contribution in [0.1, 0.15) is 53.9 Å². The van der Waals surface area contributed by atoms with E-state index in [1.54, 1.807) is 6.08 Å². The average molecular weight is 304 g/mol. The number of hydrogen-bond acceptors (Lipinski definition) is 1. The Kier molecular flexibility index (Phi) is 8.77. The summed E-state index contributed by atoms with van der Waals surface area (Å²) in [5.74, 6) is -1.09. The fourth-order valence-electron chi connectivity index (χ4n) is 2.83. The van der Waals surface area contributed by atoms with Gasteiger partial charge in [-0.3, -0.25) is 4.79 Å². The molecule has 0 aromatic carbocycles. The van der Waals surface area contributed by atoms with E-state index in [2.05, 4.69) is 33.1 Å². The molecule has 0 aromatic rings. The van der Waals surface area contributed by atoms with Gasteiger partial charge in [-0.25, -0.2) is 0 Å². The van der Waals surface area contributed by atoms with E-state index in [1.165, 1.54) is 5.57 Å². The molecule has 2 heteroatoms. The van der Waals surface area contributed by atoms with E-state index < -0.39 is 17.3 Å². The highest BCUT2D eigenvalue weighted by atomic mass is 16.4. The number of aliphatic carboxylic acids is 1. The van der Waals surface area contributed by atoms with Crippen molar-refractivity contribution in [1.82, 2.24) is 0 Å². The van der Waals surface area contributed by atoms with Crippen LogP contribution in [0.25, 0.3) is 0 Å². The van der Waals surface area contributed by atoms with Crippen molar-refractivity contribution in [3.05, 3.63) is 48.6 Å². The normalized spacial score (nSPS) is 16.6. The lowest BCUT2D eigenvalue weighted by Crippen LogP contribution is -2.36. The minimum Gasteiger partial charge on any atom is -0.481 e. The van der Waals surface area contributed by atoms with Crippen molar-refractivity contribution < 1.29 is 9.90 Å². The average Bonchev–Trinajstić information content (AvgIpc) is 2.37. The fraction of sp³-hybridized carbons (Fsp3) is 0.550. The van der Waals surface area contributed by atoms with Gasteiger partial charge in [0.25, 0.3) is 0 Å². The van der Waals surface area contributed by atoms with Crippen molar-refractivity contribution in [3.63, 3.8) is 0 Å². The SMILES string of the molecule is C=CC(C)(CC=CC(=C)C)C(C(=O)O)C(C)CCC=C(C)C. The molecule has 0 rings (SSSR count). The Morgan fingerprint density at radius 3 is 2.32 bits per heavy atom. The first-order valence-electron chi connectivity index (χ1n) is 7.96. The van der Waals surface area contributed by atoms with Crippen LogP contribution in [0, 0.1) is 17.3 Å². The van der Waals surface area contributed by atoms with E-state index in [4.69, 9.17) is 0 Å². The summed E-state index contributed by atoms with van der Waals surface area (Å²) in [6, 6.07) is 0. The molecule has 22 heavy (non-hydrogen) atoms. The second-order valence-electron chi connectivity index (χ2n) is 6.81. The smallest absolute Gasteiger partial charge is 0.307 e. The van der Waals surface area contributed by atoms with Crippen molar-refractivity contribution >= 4 is 5.97 Å². The van der Waals surface area contributed by atoms with E-state index in [0.29, 0.717) is 6.42 Å². The lowest BCUT2D eigenvalue weighted by molar-refractivity contribution is -0.147. The van der Waals surface area contributed by atoms with Gasteiger partial charge in [0.1, 0.15) is 0 Å². The molecule has 0 saturated carbocycles. The summed E-state index contributed by atoms with van der Waals surface area (Å²) in [7, 11) is 0. The largest absolute Gasteiger partial charge is 0.481 e. The fourth-order valence-corrected chi connectivity index (χ4v) is 2.83. The third-order valence-corrected chi connectivity index (χ3v) is 4.15. The summed E-state index contributed by atoms with van der Waals surface area (Å²) in [6.07, 6.45) is 10.4. The summed E-state index contributed by atoms with van der Waals surface area (Å²) in [6.45, 7) is 17.8. The molecule has 0 fully saturated rings. The van der Waals surface area contributed by atoms with Crippen LogP contribution in [0.3, 0.4) is 0 Å². The maximum atomic E-state index is 11.8. The first kappa shape index (κ1) is 20.4. The predicted molar refractivity (Wildman–Crippen MR) is 95.8 cm³/mol. The molecule has 0 bridgehead atoms. The minimum atomic E-state index is -0.740. The summed E-state index contributed by atoms with van der Waals surface area (Å²) >= 11 is 0. The quantitative estimate of drug-likeness (QED) is 0.410. The van der Waals surface area contributed by atoms with Crippen molar-refractivity contribution in [2.45, 2.75) is 53.9 Å². The Morgan fingerprint density at radius 2 is 1.91 bits per heavy atom. The Morgan fingerprint density at radius 1 is 1.32 bits per heavy atom. The molecule has 2 nitrogen and oxygen atoms in total. The number of carboxylic acid groups (broad SMARTS) is 1. The van der Waals surface area contributed by atoms with Gasteiger partial charge in [0.15, 0.2) is 0 Å². The number of rotatable bonds is 10. The lowest BCUT2D eigenvalue weighted by Gasteiger charge is -2.35. The molecule has 0 aliphatic rings. The highest BCUT2D eigenvalue weighted by Gasteiger charge is 2.39. The van der Waals surface area contributed by atoms with Crippen LogP contribution in [0.5, 0.6) is 0 Å². The zero-order chi connectivity index (χ0) is 17.3. The van der Waals surface area contributed by atoms with Gasteiger partial charge in [-0.15, -0.1) is 6.58 Å². The van der Waals surface area contributed by atoms with Gasteiger partial charge in [-0.1, -0.05) is 55.9 Å². The summed E-state index contributed by atoms with van der Waals surface area (Å²) in [5.41, 5.74) is 1.78. The summed E-state index contributed by atoms with van der Waals surface area (Å²) < 4.78 is 0. The molecule has 0 aliphatic carbocycles. The van der Waals surface area contributed by atoms with Crippen molar-refractivity contribution in [2.75, 3.05) is 0 Å². The highest BCUT2D eigenvalue weighted by molar-refractivity contribution is 5.72. The minimum absolute atomic E-state index is 0.0920. The molecule has 0 saturated heterocycles.